The van der Waals surface area contributed by atoms with Crippen molar-refractivity contribution in [1.82, 2.24) is 20.5 Å². The number of ether oxygens (including phenoxy) is 1. The maximum atomic E-state index is 12.9. The molecule has 0 saturated heterocycles. The number of furan rings is 1. The highest BCUT2D eigenvalue weighted by Gasteiger charge is 2.30. The molecule has 0 aliphatic carbocycles. The van der Waals surface area contributed by atoms with Gasteiger partial charge in [0.05, 0.1) is 12.1 Å². The van der Waals surface area contributed by atoms with Gasteiger partial charge in [0.1, 0.15) is 17.2 Å². The van der Waals surface area contributed by atoms with Crippen molar-refractivity contribution in [2.45, 2.75) is 19.3 Å². The normalized spacial score (nSPS) is 11.6. The van der Waals surface area contributed by atoms with Gasteiger partial charge in [-0.25, -0.2) is 4.98 Å². The maximum absolute atomic E-state index is 12.9. The Hall–Kier alpha value is -3.59. The Bertz CT molecular complexity index is 1110. The van der Waals surface area contributed by atoms with Gasteiger partial charge in [-0.15, -0.1) is 0 Å². The van der Waals surface area contributed by atoms with Gasteiger partial charge in [0.2, 0.25) is 5.88 Å². The second-order valence-corrected chi connectivity index (χ2v) is 6.44. The van der Waals surface area contributed by atoms with E-state index in [0.29, 0.717) is 24.4 Å². The molecule has 9 heteroatoms. The number of alkyl halides is 3. The van der Waals surface area contributed by atoms with Gasteiger partial charge >= 0.3 is 6.18 Å². The number of halogens is 3. The lowest BCUT2D eigenvalue weighted by Crippen LogP contribution is -2.13. The largest absolute Gasteiger partial charge is 0.458 e. The minimum atomic E-state index is -4.44. The zero-order valence-electron chi connectivity index (χ0n) is 15.6. The summed E-state index contributed by atoms with van der Waals surface area (Å²) in [5.74, 6) is 1.71. The number of nitrogens with one attached hydrogen (secondary N) is 2. The monoisotopic (exact) mass is 414 g/mol. The molecule has 0 atom stereocenters. The van der Waals surface area contributed by atoms with Gasteiger partial charge in [-0.2, -0.15) is 18.3 Å². The number of aromatic amines is 1. The summed E-state index contributed by atoms with van der Waals surface area (Å²) in [6.45, 7) is 0.842. The van der Waals surface area contributed by atoms with Crippen molar-refractivity contribution in [3.63, 3.8) is 0 Å². The van der Waals surface area contributed by atoms with E-state index in [4.69, 9.17) is 9.15 Å². The standard InChI is InChI=1S/C21H17F3N4O2/c22-21(23,24)15-4-1-5-16(11-15)30-20-14(3-2-9-26-20)12-25-13-17-6-7-19(29-17)18-8-10-27-28-18/h1-11,25H,12-13H2,(H,27,28). The fourth-order valence-electron chi connectivity index (χ4n) is 2.83. The zero-order chi connectivity index (χ0) is 21.0. The van der Waals surface area contributed by atoms with Crippen LogP contribution in [0.5, 0.6) is 11.6 Å². The predicted octanol–water partition coefficient (Wildman–Crippen LogP) is 5.17. The Labute approximate surface area is 169 Å². The quantitative estimate of drug-likeness (QED) is 0.437. The Kier molecular flexibility index (Phi) is 5.53. The van der Waals surface area contributed by atoms with Crippen molar-refractivity contribution < 1.29 is 22.3 Å². The number of nitrogens with zero attached hydrogens (tertiary/aromatic N) is 2. The topological polar surface area (TPSA) is 76.0 Å². The molecule has 0 bridgehead atoms. The van der Waals surface area contributed by atoms with Crippen molar-refractivity contribution in [1.29, 1.82) is 0 Å². The van der Waals surface area contributed by atoms with Gasteiger partial charge in [-0.05, 0) is 42.5 Å². The molecule has 2 N–H and O–H groups in total. The van der Waals surface area contributed by atoms with E-state index >= 15 is 0 Å². The fourth-order valence-corrected chi connectivity index (χ4v) is 2.83. The molecule has 6 nitrogen and oxygen atoms in total. The van der Waals surface area contributed by atoms with E-state index < -0.39 is 11.7 Å². The molecule has 0 aliphatic heterocycles. The van der Waals surface area contributed by atoms with Crippen molar-refractivity contribution >= 4 is 0 Å². The first-order valence-electron chi connectivity index (χ1n) is 9.07. The first kappa shape index (κ1) is 19.7. The lowest BCUT2D eigenvalue weighted by atomic mass is 10.2. The number of hydrogen-bond acceptors (Lipinski definition) is 5. The molecule has 4 aromatic rings. The van der Waals surface area contributed by atoms with Crippen LogP contribution in [0.2, 0.25) is 0 Å². The Balaban J connectivity index is 1.40. The number of hydrogen-bond donors (Lipinski definition) is 2. The van der Waals surface area contributed by atoms with Gasteiger partial charge in [0.25, 0.3) is 0 Å². The first-order valence-corrected chi connectivity index (χ1v) is 9.07. The van der Waals surface area contributed by atoms with Crippen molar-refractivity contribution in [2.75, 3.05) is 0 Å². The average Bonchev–Trinajstić information content (AvgIpc) is 3.41. The molecule has 3 heterocycles. The van der Waals surface area contributed by atoms with Gasteiger partial charge in [0, 0.05) is 24.5 Å². The third kappa shape index (κ3) is 4.69. The molecule has 0 fully saturated rings. The lowest BCUT2D eigenvalue weighted by molar-refractivity contribution is -0.137. The highest BCUT2D eigenvalue weighted by Crippen LogP contribution is 2.33. The molecule has 0 unspecified atom stereocenters. The highest BCUT2D eigenvalue weighted by atomic mass is 19.4. The predicted molar refractivity (Wildman–Crippen MR) is 103 cm³/mol. The molecule has 30 heavy (non-hydrogen) atoms. The van der Waals surface area contributed by atoms with Crippen molar-refractivity contribution in [3.05, 3.63) is 83.9 Å². The minimum Gasteiger partial charge on any atom is -0.458 e. The number of rotatable bonds is 7. The van der Waals surface area contributed by atoms with Crippen LogP contribution in [-0.4, -0.2) is 15.2 Å². The van der Waals surface area contributed by atoms with Crippen LogP contribution < -0.4 is 10.1 Å². The summed E-state index contributed by atoms with van der Waals surface area (Å²) in [5, 5.41) is 9.94. The summed E-state index contributed by atoms with van der Waals surface area (Å²) >= 11 is 0. The van der Waals surface area contributed by atoms with Crippen LogP contribution in [-0.2, 0) is 19.3 Å². The molecule has 0 amide bonds. The van der Waals surface area contributed by atoms with E-state index in [2.05, 4.69) is 20.5 Å². The van der Waals surface area contributed by atoms with Crippen LogP contribution in [0, 0.1) is 0 Å². The van der Waals surface area contributed by atoms with Crippen LogP contribution in [0.3, 0.4) is 0 Å². The molecule has 3 aromatic heterocycles. The SMILES string of the molecule is FC(F)(F)c1cccc(Oc2ncccc2CNCc2ccc(-c3ccn[nH]3)o2)c1. The molecule has 0 spiro atoms. The number of aromatic nitrogens is 3. The van der Waals surface area contributed by atoms with Gasteiger partial charge < -0.3 is 14.5 Å². The van der Waals surface area contributed by atoms with Gasteiger partial charge in [-0.3, -0.25) is 5.10 Å². The van der Waals surface area contributed by atoms with Crippen molar-refractivity contribution in [2.24, 2.45) is 0 Å². The molecule has 4 rings (SSSR count). The van der Waals surface area contributed by atoms with E-state index in [1.165, 1.54) is 18.3 Å². The Morgan fingerprint density at radius 1 is 1.00 bits per heavy atom. The summed E-state index contributed by atoms with van der Waals surface area (Å²) in [6.07, 6.45) is -1.27. The third-order valence-corrected chi connectivity index (χ3v) is 4.27. The van der Waals surface area contributed by atoms with Crippen LogP contribution in [0.4, 0.5) is 13.2 Å². The van der Waals surface area contributed by atoms with E-state index in [9.17, 15) is 13.2 Å². The maximum Gasteiger partial charge on any atom is 0.416 e. The summed E-state index contributed by atoms with van der Waals surface area (Å²) in [4.78, 5) is 4.15. The van der Waals surface area contributed by atoms with Crippen molar-refractivity contribution in [3.8, 4) is 23.1 Å². The van der Waals surface area contributed by atoms with Crippen LogP contribution in [0.1, 0.15) is 16.9 Å². The highest BCUT2D eigenvalue weighted by molar-refractivity contribution is 5.51. The van der Waals surface area contributed by atoms with E-state index in [-0.39, 0.29) is 11.6 Å². The number of H-pyrrole nitrogens is 1. The molecule has 0 saturated carbocycles. The third-order valence-electron chi connectivity index (χ3n) is 4.27. The molecule has 154 valence electrons. The number of pyridine rings is 1. The minimum absolute atomic E-state index is 0.0695. The Morgan fingerprint density at radius 3 is 2.70 bits per heavy atom. The molecular formula is C21H17F3N4O2. The molecule has 0 aliphatic rings. The fraction of sp³-hybridized carbons (Fsp3) is 0.143. The van der Waals surface area contributed by atoms with Crippen LogP contribution in [0.15, 0.2) is 71.4 Å². The van der Waals surface area contributed by atoms with Gasteiger partial charge in [0.15, 0.2) is 5.76 Å². The molecular weight excluding hydrogens is 397 g/mol. The van der Waals surface area contributed by atoms with E-state index in [0.717, 1.165) is 23.6 Å². The van der Waals surface area contributed by atoms with Crippen LogP contribution >= 0.6 is 0 Å². The average molecular weight is 414 g/mol. The van der Waals surface area contributed by atoms with Crippen LogP contribution in [0.25, 0.3) is 11.5 Å². The van der Waals surface area contributed by atoms with E-state index in [1.54, 1.807) is 18.3 Å². The summed E-state index contributed by atoms with van der Waals surface area (Å²) in [7, 11) is 0. The Morgan fingerprint density at radius 2 is 1.90 bits per heavy atom. The lowest BCUT2D eigenvalue weighted by Gasteiger charge is -2.12. The van der Waals surface area contributed by atoms with Gasteiger partial charge in [-0.1, -0.05) is 12.1 Å². The second-order valence-electron chi connectivity index (χ2n) is 6.44. The molecule has 0 radical (unpaired) electrons. The zero-order valence-corrected chi connectivity index (χ0v) is 15.6. The smallest absolute Gasteiger partial charge is 0.416 e. The molecule has 1 aromatic carbocycles. The second kappa shape index (κ2) is 8.42. The first-order chi connectivity index (χ1) is 14.5. The van der Waals surface area contributed by atoms with E-state index in [1.807, 2.05) is 18.2 Å². The summed E-state index contributed by atoms with van der Waals surface area (Å²) < 4.78 is 50.1. The summed E-state index contributed by atoms with van der Waals surface area (Å²) in [6, 6.07) is 13.7. The summed E-state index contributed by atoms with van der Waals surface area (Å²) in [5.41, 5.74) is 0.710. The number of benzene rings is 1.